The number of ether oxygens (including phenoxy) is 2. The van der Waals surface area contributed by atoms with Crippen molar-refractivity contribution in [2.24, 2.45) is 53.3 Å². The molecule has 0 spiro atoms. The molecule has 31 heavy (non-hydrogen) atoms. The van der Waals surface area contributed by atoms with E-state index in [0.29, 0.717) is 23.7 Å². The molecule has 0 amide bonds. The Morgan fingerprint density at radius 2 is 1.48 bits per heavy atom. The van der Waals surface area contributed by atoms with Crippen LogP contribution in [0.4, 0.5) is 0 Å². The van der Waals surface area contributed by atoms with Crippen molar-refractivity contribution in [1.82, 2.24) is 0 Å². The predicted molar refractivity (Wildman–Crippen MR) is 121 cm³/mol. The molecule has 6 bridgehead atoms. The average Bonchev–Trinajstić information content (AvgIpc) is 3.38. The number of carbonyl (C=O) groups excluding carboxylic acids is 2. The fraction of sp³-hybridized carbons (Fsp3) is 0.926. The van der Waals surface area contributed by atoms with Gasteiger partial charge in [0, 0.05) is 0 Å². The molecule has 4 heteroatoms. The number of rotatable bonds is 5. The first-order valence-corrected chi connectivity index (χ1v) is 13.1. The quantitative estimate of drug-likeness (QED) is 0.498. The van der Waals surface area contributed by atoms with Crippen LogP contribution in [-0.4, -0.2) is 24.6 Å². The Morgan fingerprint density at radius 3 is 1.87 bits per heavy atom. The lowest BCUT2D eigenvalue weighted by Crippen LogP contribution is -2.62. The third-order valence-corrected chi connectivity index (χ3v) is 9.85. The van der Waals surface area contributed by atoms with Gasteiger partial charge in [-0.15, -0.1) is 0 Å². The summed E-state index contributed by atoms with van der Waals surface area (Å²) in [6.07, 6.45) is 12.7. The van der Waals surface area contributed by atoms with E-state index < -0.39 is 0 Å². The topological polar surface area (TPSA) is 52.6 Å². The second kappa shape index (κ2) is 9.06. The summed E-state index contributed by atoms with van der Waals surface area (Å²) in [7, 11) is 1.41. The van der Waals surface area contributed by atoms with E-state index in [4.69, 9.17) is 4.74 Å². The molecule has 0 aromatic rings. The molecule has 6 aliphatic rings. The normalized spacial score (nSPS) is 42.8. The molecule has 0 radical (unpaired) electrons. The van der Waals surface area contributed by atoms with E-state index in [1.807, 2.05) is 13.8 Å². The van der Waals surface area contributed by atoms with Gasteiger partial charge in [0.1, 0.15) is 5.60 Å². The maximum Gasteiger partial charge on any atom is 0.309 e. The van der Waals surface area contributed by atoms with Crippen LogP contribution in [0.5, 0.6) is 0 Å². The van der Waals surface area contributed by atoms with Crippen LogP contribution in [-0.2, 0) is 19.1 Å². The first kappa shape index (κ1) is 23.1. The van der Waals surface area contributed by atoms with E-state index in [0.717, 1.165) is 30.6 Å². The summed E-state index contributed by atoms with van der Waals surface area (Å²) in [6.45, 7) is 8.44. The van der Waals surface area contributed by atoms with Gasteiger partial charge in [-0.2, -0.15) is 0 Å². The van der Waals surface area contributed by atoms with Crippen LogP contribution in [0.15, 0.2) is 0 Å². The lowest BCUT2D eigenvalue weighted by atomic mass is 9.47. The molecule has 0 heterocycles. The standard InChI is InChI=1S/C21H32O2.C6H12O2/c1-12(2)21(17-7-14-5-15(9-17)10-18(21)8-14)23-20(22)19-11-13-3-4-16(19)6-13;1-4-5(2)6(7)8-3/h12-19H,3-11H2,1-2H3;5H,4H2,1-3H3. The van der Waals surface area contributed by atoms with Crippen LogP contribution in [0, 0.1) is 53.3 Å². The van der Waals surface area contributed by atoms with E-state index in [9.17, 15) is 9.59 Å². The molecule has 4 nitrogen and oxygen atoms in total. The molecular formula is C27H44O4. The minimum absolute atomic E-state index is 0.0556. The van der Waals surface area contributed by atoms with Crippen LogP contribution in [0.1, 0.15) is 91.9 Å². The van der Waals surface area contributed by atoms with Gasteiger partial charge < -0.3 is 9.47 Å². The Hall–Kier alpha value is -1.06. The first-order valence-electron chi connectivity index (χ1n) is 13.1. The van der Waals surface area contributed by atoms with E-state index in [1.54, 1.807) is 0 Å². The van der Waals surface area contributed by atoms with Gasteiger partial charge in [-0.1, -0.05) is 34.1 Å². The maximum atomic E-state index is 13.1. The third-order valence-electron chi connectivity index (χ3n) is 9.85. The summed E-state index contributed by atoms with van der Waals surface area (Å²) < 4.78 is 11.0. The van der Waals surface area contributed by atoms with Gasteiger partial charge in [-0.3, -0.25) is 9.59 Å². The zero-order chi connectivity index (χ0) is 22.3. The molecule has 6 aliphatic carbocycles. The SMILES string of the molecule is CC(C)C1(OC(=O)C2CC3CCC2C3)C2CC3CC(C2)CC1C3.CCC(C)C(=O)OC. The van der Waals surface area contributed by atoms with Gasteiger partial charge in [-0.25, -0.2) is 0 Å². The van der Waals surface area contributed by atoms with Crippen molar-refractivity contribution < 1.29 is 19.1 Å². The van der Waals surface area contributed by atoms with Crippen molar-refractivity contribution in [2.75, 3.05) is 7.11 Å². The fourth-order valence-corrected chi connectivity index (χ4v) is 8.30. The largest absolute Gasteiger partial charge is 0.469 e. The summed E-state index contributed by atoms with van der Waals surface area (Å²) in [4.78, 5) is 23.6. The summed E-state index contributed by atoms with van der Waals surface area (Å²) in [5, 5.41) is 0. The van der Waals surface area contributed by atoms with Gasteiger partial charge >= 0.3 is 11.9 Å². The predicted octanol–water partition coefficient (Wildman–Crippen LogP) is 6.02. The lowest BCUT2D eigenvalue weighted by molar-refractivity contribution is -0.229. The van der Waals surface area contributed by atoms with Crippen molar-refractivity contribution in [3.8, 4) is 0 Å². The Kier molecular flexibility index (Phi) is 6.75. The minimum Gasteiger partial charge on any atom is -0.469 e. The van der Waals surface area contributed by atoms with Crippen LogP contribution < -0.4 is 0 Å². The molecule has 0 N–H and O–H groups in total. The number of fused-ring (bicyclic) bond motifs is 2. The molecule has 6 rings (SSSR count). The number of hydrogen-bond acceptors (Lipinski definition) is 4. The Labute approximate surface area is 189 Å². The molecule has 0 aromatic heterocycles. The average molecular weight is 433 g/mol. The number of hydrogen-bond donors (Lipinski definition) is 0. The molecule has 6 saturated carbocycles. The minimum atomic E-state index is -0.119. The lowest BCUT2D eigenvalue weighted by Gasteiger charge is -2.62. The molecule has 4 unspecified atom stereocenters. The maximum absolute atomic E-state index is 13.1. The highest BCUT2D eigenvalue weighted by molar-refractivity contribution is 5.74. The van der Waals surface area contributed by atoms with Gasteiger partial charge in [-0.05, 0) is 99.2 Å². The summed E-state index contributed by atoms with van der Waals surface area (Å²) >= 11 is 0. The Morgan fingerprint density at radius 1 is 0.871 bits per heavy atom. The van der Waals surface area contributed by atoms with Crippen LogP contribution in [0.2, 0.25) is 0 Å². The second-order valence-corrected chi connectivity index (χ2v) is 11.8. The van der Waals surface area contributed by atoms with E-state index in [2.05, 4.69) is 18.6 Å². The summed E-state index contributed by atoms with van der Waals surface area (Å²) in [6, 6.07) is 0. The van der Waals surface area contributed by atoms with Crippen LogP contribution in [0.3, 0.4) is 0 Å². The van der Waals surface area contributed by atoms with E-state index in [1.165, 1.54) is 58.5 Å². The first-order chi connectivity index (χ1) is 14.8. The molecule has 0 aromatic carbocycles. The van der Waals surface area contributed by atoms with Crippen molar-refractivity contribution >= 4 is 11.9 Å². The molecule has 6 fully saturated rings. The molecule has 4 atom stereocenters. The van der Waals surface area contributed by atoms with E-state index >= 15 is 0 Å². The fourth-order valence-electron chi connectivity index (χ4n) is 8.30. The molecule has 176 valence electrons. The summed E-state index contributed by atoms with van der Waals surface area (Å²) in [5.74, 6) is 5.49. The van der Waals surface area contributed by atoms with E-state index in [-0.39, 0.29) is 29.4 Å². The van der Waals surface area contributed by atoms with Crippen molar-refractivity contribution in [3.05, 3.63) is 0 Å². The highest BCUT2D eigenvalue weighted by Crippen LogP contribution is 2.62. The summed E-state index contributed by atoms with van der Waals surface area (Å²) in [5.41, 5.74) is -0.119. The zero-order valence-electron chi connectivity index (χ0n) is 20.4. The van der Waals surface area contributed by atoms with Crippen LogP contribution in [0.25, 0.3) is 0 Å². The number of methoxy groups -OCH3 is 1. The van der Waals surface area contributed by atoms with Gasteiger partial charge in [0.05, 0.1) is 18.9 Å². The van der Waals surface area contributed by atoms with Gasteiger partial charge in [0.2, 0.25) is 0 Å². The van der Waals surface area contributed by atoms with Crippen molar-refractivity contribution in [1.29, 1.82) is 0 Å². The third kappa shape index (κ3) is 4.17. The molecule has 0 aliphatic heterocycles. The highest BCUT2D eigenvalue weighted by atomic mass is 16.6. The Bertz CT molecular complexity index is 640. The monoisotopic (exact) mass is 432 g/mol. The Balaban J connectivity index is 0.000000250. The zero-order valence-corrected chi connectivity index (χ0v) is 20.4. The van der Waals surface area contributed by atoms with Crippen molar-refractivity contribution in [3.63, 3.8) is 0 Å². The number of esters is 2. The van der Waals surface area contributed by atoms with Crippen LogP contribution >= 0.6 is 0 Å². The molecular weight excluding hydrogens is 388 g/mol. The van der Waals surface area contributed by atoms with Gasteiger partial charge in [0.25, 0.3) is 0 Å². The molecule has 0 saturated heterocycles. The highest BCUT2D eigenvalue weighted by Gasteiger charge is 2.61. The van der Waals surface area contributed by atoms with Gasteiger partial charge in [0.15, 0.2) is 0 Å². The smallest absolute Gasteiger partial charge is 0.309 e. The second-order valence-electron chi connectivity index (χ2n) is 11.8. The number of carbonyl (C=O) groups is 2. The van der Waals surface area contributed by atoms with Crippen molar-refractivity contribution in [2.45, 2.75) is 97.5 Å².